The quantitative estimate of drug-likeness (QED) is 0.495. The first kappa shape index (κ1) is 19.2. The van der Waals surface area contributed by atoms with E-state index in [9.17, 15) is 19.8 Å². The molecule has 0 atom stereocenters. The fourth-order valence-electron chi connectivity index (χ4n) is 2.86. The van der Waals surface area contributed by atoms with Gasteiger partial charge < -0.3 is 10.2 Å². The summed E-state index contributed by atoms with van der Waals surface area (Å²) in [6, 6.07) is 6.88. The topological polar surface area (TPSA) is 136 Å². The highest BCUT2D eigenvalue weighted by atomic mass is 35.5. The summed E-state index contributed by atoms with van der Waals surface area (Å²) in [6.07, 6.45) is 3.82. The first-order valence-electron chi connectivity index (χ1n) is 8.26. The van der Waals surface area contributed by atoms with Gasteiger partial charge in [-0.05, 0) is 24.3 Å². The molecule has 0 aliphatic carbocycles. The molecular formula is C18H10ClFN6O4. The first-order chi connectivity index (χ1) is 14.4. The molecule has 0 spiro atoms. The predicted octanol–water partition coefficient (Wildman–Crippen LogP) is 2.70. The van der Waals surface area contributed by atoms with E-state index >= 15 is 4.39 Å². The summed E-state index contributed by atoms with van der Waals surface area (Å²) in [4.78, 5) is 25.1. The van der Waals surface area contributed by atoms with E-state index in [-0.39, 0.29) is 33.2 Å². The molecule has 12 heteroatoms. The molecule has 0 unspecified atom stereocenters. The number of carbonyl (C=O) groups is 2. The summed E-state index contributed by atoms with van der Waals surface area (Å²) in [5, 5.41) is 34.7. The number of benzene rings is 2. The minimum absolute atomic E-state index is 0.00542. The van der Waals surface area contributed by atoms with Crippen LogP contribution in [0.1, 0.15) is 20.7 Å². The number of para-hydroxylation sites is 1. The average Bonchev–Trinajstić information content (AvgIpc) is 3.39. The lowest BCUT2D eigenvalue weighted by Gasteiger charge is -2.09. The van der Waals surface area contributed by atoms with Gasteiger partial charge in [-0.25, -0.2) is 14.0 Å². The normalized spacial score (nSPS) is 10.9. The van der Waals surface area contributed by atoms with Crippen LogP contribution in [0, 0.1) is 5.82 Å². The van der Waals surface area contributed by atoms with Crippen LogP contribution in [0.4, 0.5) is 4.39 Å². The highest BCUT2D eigenvalue weighted by Gasteiger charge is 2.24. The van der Waals surface area contributed by atoms with Crippen molar-refractivity contribution < 1.29 is 24.2 Å². The molecular weight excluding hydrogens is 419 g/mol. The van der Waals surface area contributed by atoms with Gasteiger partial charge in [0.25, 0.3) is 0 Å². The SMILES string of the molecule is O=C(O)c1cccc(Cl)c1-n1ncc(-c2ccc(-n3nccn3)c(C(=O)O)c2F)n1. The van der Waals surface area contributed by atoms with Gasteiger partial charge >= 0.3 is 11.9 Å². The van der Waals surface area contributed by atoms with Crippen molar-refractivity contribution in [2.45, 2.75) is 0 Å². The molecule has 0 saturated carbocycles. The van der Waals surface area contributed by atoms with Crippen molar-refractivity contribution >= 4 is 23.5 Å². The number of aromatic nitrogens is 6. The summed E-state index contributed by atoms with van der Waals surface area (Å²) in [5.74, 6) is -3.84. The van der Waals surface area contributed by atoms with Crippen molar-refractivity contribution in [2.24, 2.45) is 0 Å². The van der Waals surface area contributed by atoms with E-state index < -0.39 is 23.3 Å². The van der Waals surface area contributed by atoms with Crippen LogP contribution in [0.15, 0.2) is 48.9 Å². The summed E-state index contributed by atoms with van der Waals surface area (Å²) in [6.45, 7) is 0. The number of hydrogen-bond donors (Lipinski definition) is 2. The predicted molar refractivity (Wildman–Crippen MR) is 101 cm³/mol. The van der Waals surface area contributed by atoms with Crippen molar-refractivity contribution in [3.05, 3.63) is 70.9 Å². The van der Waals surface area contributed by atoms with Crippen LogP contribution in [0.25, 0.3) is 22.6 Å². The molecule has 0 aliphatic rings. The van der Waals surface area contributed by atoms with Gasteiger partial charge in [-0.15, -0.1) is 9.90 Å². The van der Waals surface area contributed by atoms with Crippen molar-refractivity contribution in [1.29, 1.82) is 0 Å². The maximum atomic E-state index is 15.1. The number of halogens is 2. The van der Waals surface area contributed by atoms with E-state index in [1.165, 1.54) is 48.9 Å². The van der Waals surface area contributed by atoms with Gasteiger partial charge in [0.1, 0.15) is 28.4 Å². The van der Waals surface area contributed by atoms with E-state index in [1.54, 1.807) is 0 Å². The van der Waals surface area contributed by atoms with Gasteiger partial charge in [0.2, 0.25) is 0 Å². The first-order valence-corrected chi connectivity index (χ1v) is 8.63. The fourth-order valence-corrected chi connectivity index (χ4v) is 3.11. The maximum Gasteiger partial charge on any atom is 0.341 e. The lowest BCUT2D eigenvalue weighted by molar-refractivity contribution is 0.0682. The molecule has 2 heterocycles. The van der Waals surface area contributed by atoms with Crippen molar-refractivity contribution in [3.63, 3.8) is 0 Å². The standard InChI is InChI=1S/C18H10ClFN6O4/c19-11-3-1-2-10(17(27)28)16(11)26-23-8-12(24-26)9-4-5-13(25-21-6-7-22-25)14(15(9)20)18(29)30/h1-8H,(H,27,28)(H,29,30). The Bertz CT molecular complexity index is 1290. The van der Waals surface area contributed by atoms with E-state index in [4.69, 9.17) is 11.6 Å². The Morgan fingerprint density at radius 1 is 0.967 bits per heavy atom. The van der Waals surface area contributed by atoms with Gasteiger partial charge in [-0.1, -0.05) is 17.7 Å². The molecule has 0 fully saturated rings. The zero-order valence-electron chi connectivity index (χ0n) is 14.8. The zero-order chi connectivity index (χ0) is 21.4. The summed E-state index contributed by atoms with van der Waals surface area (Å²) in [7, 11) is 0. The minimum Gasteiger partial charge on any atom is -0.478 e. The van der Waals surface area contributed by atoms with Gasteiger partial charge in [-0.3, -0.25) is 0 Å². The van der Waals surface area contributed by atoms with E-state index in [0.717, 1.165) is 9.59 Å². The summed E-state index contributed by atoms with van der Waals surface area (Å²) in [5.41, 5.74) is -1.06. The molecule has 0 amide bonds. The molecule has 30 heavy (non-hydrogen) atoms. The van der Waals surface area contributed by atoms with Crippen LogP contribution in [0.3, 0.4) is 0 Å². The number of carboxylic acid groups (broad SMARTS) is 2. The van der Waals surface area contributed by atoms with Gasteiger partial charge in [-0.2, -0.15) is 20.1 Å². The van der Waals surface area contributed by atoms with Crippen molar-refractivity contribution in [3.8, 4) is 22.6 Å². The lowest BCUT2D eigenvalue weighted by Crippen LogP contribution is -2.11. The third kappa shape index (κ3) is 3.16. The third-order valence-electron chi connectivity index (χ3n) is 4.15. The Hall–Kier alpha value is -4.12. The Morgan fingerprint density at radius 3 is 2.37 bits per heavy atom. The molecule has 0 radical (unpaired) electrons. The largest absolute Gasteiger partial charge is 0.478 e. The Labute approximate surface area is 171 Å². The number of rotatable bonds is 5. The fraction of sp³-hybridized carbons (Fsp3) is 0. The van der Waals surface area contributed by atoms with E-state index in [0.29, 0.717) is 0 Å². The van der Waals surface area contributed by atoms with Crippen LogP contribution in [-0.2, 0) is 0 Å². The summed E-state index contributed by atoms with van der Waals surface area (Å²) >= 11 is 6.11. The second-order valence-corrected chi connectivity index (χ2v) is 6.31. The van der Waals surface area contributed by atoms with Gasteiger partial charge in [0.15, 0.2) is 0 Å². The van der Waals surface area contributed by atoms with Crippen LogP contribution in [0.5, 0.6) is 0 Å². The molecule has 0 bridgehead atoms. The van der Waals surface area contributed by atoms with Gasteiger partial charge in [0, 0.05) is 5.56 Å². The van der Waals surface area contributed by atoms with Crippen LogP contribution >= 0.6 is 11.6 Å². The smallest absolute Gasteiger partial charge is 0.341 e. The third-order valence-corrected chi connectivity index (χ3v) is 4.46. The van der Waals surface area contributed by atoms with Crippen LogP contribution in [0.2, 0.25) is 5.02 Å². The van der Waals surface area contributed by atoms with Crippen molar-refractivity contribution in [1.82, 2.24) is 30.0 Å². The Balaban J connectivity index is 1.85. The average molecular weight is 429 g/mol. The highest BCUT2D eigenvalue weighted by Crippen LogP contribution is 2.29. The number of hydrogen-bond acceptors (Lipinski definition) is 6. The van der Waals surface area contributed by atoms with Crippen molar-refractivity contribution in [2.75, 3.05) is 0 Å². The molecule has 2 aromatic carbocycles. The van der Waals surface area contributed by atoms with E-state index in [2.05, 4.69) is 20.4 Å². The molecule has 4 aromatic rings. The molecule has 2 aromatic heterocycles. The number of carboxylic acids is 2. The molecule has 2 N–H and O–H groups in total. The summed E-state index contributed by atoms with van der Waals surface area (Å²) < 4.78 is 15.1. The molecule has 0 saturated heterocycles. The van der Waals surface area contributed by atoms with Crippen LogP contribution < -0.4 is 0 Å². The monoisotopic (exact) mass is 428 g/mol. The molecule has 150 valence electrons. The molecule has 0 aliphatic heterocycles. The number of aromatic carboxylic acids is 2. The van der Waals surface area contributed by atoms with Crippen LogP contribution in [-0.4, -0.2) is 52.1 Å². The van der Waals surface area contributed by atoms with Gasteiger partial charge in [0.05, 0.1) is 29.2 Å². The second-order valence-electron chi connectivity index (χ2n) is 5.91. The second kappa shape index (κ2) is 7.37. The number of nitrogens with zero attached hydrogens (tertiary/aromatic N) is 6. The lowest BCUT2D eigenvalue weighted by atomic mass is 10.1. The molecule has 10 nitrogen and oxygen atoms in total. The Kier molecular flexibility index (Phi) is 4.72. The minimum atomic E-state index is -1.52. The zero-order valence-corrected chi connectivity index (χ0v) is 15.5. The molecule has 4 rings (SSSR count). The highest BCUT2D eigenvalue weighted by molar-refractivity contribution is 6.33. The van der Waals surface area contributed by atoms with E-state index in [1.807, 2.05) is 0 Å². The maximum absolute atomic E-state index is 15.1. The Morgan fingerprint density at radius 2 is 1.70 bits per heavy atom.